The molecule has 3 nitrogen and oxygen atoms in total. The van der Waals surface area contributed by atoms with Gasteiger partial charge in [-0.2, -0.15) is 0 Å². The van der Waals surface area contributed by atoms with Crippen molar-refractivity contribution in [3.05, 3.63) is 29.3 Å². The Balaban J connectivity index is 1.77. The summed E-state index contributed by atoms with van der Waals surface area (Å²) in [5, 5.41) is 1.50. The van der Waals surface area contributed by atoms with Gasteiger partial charge in [-0.25, -0.2) is 5.06 Å². The molecule has 1 aliphatic heterocycles. The first-order valence-corrected chi connectivity index (χ1v) is 7.29. The highest BCUT2D eigenvalue weighted by Crippen LogP contribution is 2.22. The standard InChI is InChI=1S/C14H19NO2S/c1-11-4-5-13(10-12(11)2)18-9-6-14(16)15-7-3-8-17-15/h4-5,10H,3,6-9H2,1-2H3. The van der Waals surface area contributed by atoms with E-state index in [9.17, 15) is 4.79 Å². The minimum atomic E-state index is 0.101. The molecule has 0 aliphatic carbocycles. The van der Waals surface area contributed by atoms with Crippen LogP contribution < -0.4 is 0 Å². The number of hydrogen-bond acceptors (Lipinski definition) is 3. The summed E-state index contributed by atoms with van der Waals surface area (Å²) in [5.41, 5.74) is 2.61. The second-order valence-electron chi connectivity index (χ2n) is 4.53. The molecule has 18 heavy (non-hydrogen) atoms. The zero-order valence-corrected chi connectivity index (χ0v) is 11.8. The van der Waals surface area contributed by atoms with Gasteiger partial charge in [0.05, 0.1) is 13.2 Å². The molecule has 2 rings (SSSR count). The maximum Gasteiger partial charge on any atom is 0.246 e. The summed E-state index contributed by atoms with van der Waals surface area (Å²) in [6.45, 7) is 5.64. The predicted molar refractivity (Wildman–Crippen MR) is 73.5 cm³/mol. The molecular formula is C14H19NO2S. The molecule has 1 aliphatic rings. The second kappa shape index (κ2) is 6.25. The van der Waals surface area contributed by atoms with Crippen LogP contribution in [0, 0.1) is 13.8 Å². The Morgan fingerprint density at radius 3 is 2.89 bits per heavy atom. The third kappa shape index (κ3) is 3.50. The molecular weight excluding hydrogens is 246 g/mol. The van der Waals surface area contributed by atoms with Crippen molar-refractivity contribution in [2.45, 2.75) is 31.6 Å². The Kier molecular flexibility index (Phi) is 4.66. The molecule has 0 aromatic heterocycles. The van der Waals surface area contributed by atoms with E-state index in [2.05, 4.69) is 32.0 Å². The van der Waals surface area contributed by atoms with Crippen LogP contribution in [0.1, 0.15) is 24.0 Å². The van der Waals surface area contributed by atoms with Crippen LogP contribution in [0.25, 0.3) is 0 Å². The Hall–Kier alpha value is -1.00. The van der Waals surface area contributed by atoms with Crippen LogP contribution in [0.4, 0.5) is 0 Å². The zero-order chi connectivity index (χ0) is 13.0. The van der Waals surface area contributed by atoms with Gasteiger partial charge in [-0.15, -0.1) is 11.8 Å². The molecule has 0 N–H and O–H groups in total. The summed E-state index contributed by atoms with van der Waals surface area (Å²) in [4.78, 5) is 18.2. The van der Waals surface area contributed by atoms with Crippen molar-refractivity contribution in [2.24, 2.45) is 0 Å². The first kappa shape index (κ1) is 13.4. The predicted octanol–water partition coefficient (Wildman–Crippen LogP) is 2.95. The van der Waals surface area contributed by atoms with Gasteiger partial charge in [-0.05, 0) is 43.5 Å². The van der Waals surface area contributed by atoms with Crippen molar-refractivity contribution in [3.8, 4) is 0 Å². The van der Waals surface area contributed by atoms with E-state index < -0.39 is 0 Å². The zero-order valence-electron chi connectivity index (χ0n) is 10.9. The molecule has 0 radical (unpaired) electrons. The number of thioether (sulfide) groups is 1. The lowest BCUT2D eigenvalue weighted by atomic mass is 10.1. The summed E-state index contributed by atoms with van der Waals surface area (Å²) < 4.78 is 0. The number of carbonyl (C=O) groups excluding carboxylic acids is 1. The highest BCUT2D eigenvalue weighted by Gasteiger charge is 2.18. The molecule has 0 saturated carbocycles. The van der Waals surface area contributed by atoms with Crippen molar-refractivity contribution >= 4 is 17.7 Å². The topological polar surface area (TPSA) is 29.5 Å². The SMILES string of the molecule is Cc1ccc(SCCC(=O)N2CCCO2)cc1C. The van der Waals surface area contributed by atoms with Gasteiger partial charge in [0.1, 0.15) is 0 Å². The number of aryl methyl sites for hydroxylation is 2. The average Bonchev–Trinajstić information content (AvgIpc) is 2.87. The van der Waals surface area contributed by atoms with E-state index in [-0.39, 0.29) is 5.91 Å². The van der Waals surface area contributed by atoms with E-state index >= 15 is 0 Å². The van der Waals surface area contributed by atoms with Crippen LogP contribution in [0.15, 0.2) is 23.1 Å². The van der Waals surface area contributed by atoms with E-state index in [1.54, 1.807) is 11.8 Å². The lowest BCUT2D eigenvalue weighted by Gasteiger charge is -2.13. The molecule has 1 aromatic rings. The lowest BCUT2D eigenvalue weighted by Crippen LogP contribution is -2.26. The maximum absolute atomic E-state index is 11.7. The number of benzene rings is 1. The minimum Gasteiger partial charge on any atom is -0.273 e. The molecule has 1 saturated heterocycles. The van der Waals surface area contributed by atoms with Crippen molar-refractivity contribution < 1.29 is 9.63 Å². The van der Waals surface area contributed by atoms with E-state index in [1.165, 1.54) is 21.1 Å². The fourth-order valence-corrected chi connectivity index (χ4v) is 2.77. The number of rotatable bonds is 4. The Morgan fingerprint density at radius 1 is 1.39 bits per heavy atom. The molecule has 1 aromatic carbocycles. The van der Waals surface area contributed by atoms with E-state index in [0.29, 0.717) is 13.0 Å². The summed E-state index contributed by atoms with van der Waals surface area (Å²) in [6, 6.07) is 6.42. The first-order valence-electron chi connectivity index (χ1n) is 6.30. The van der Waals surface area contributed by atoms with Crippen LogP contribution in [-0.4, -0.2) is 29.9 Å². The van der Waals surface area contributed by atoms with Crippen LogP contribution >= 0.6 is 11.8 Å². The first-order chi connectivity index (χ1) is 8.66. The van der Waals surface area contributed by atoms with E-state index in [0.717, 1.165) is 18.7 Å². The van der Waals surface area contributed by atoms with Crippen molar-refractivity contribution in [1.82, 2.24) is 5.06 Å². The van der Waals surface area contributed by atoms with Gasteiger partial charge >= 0.3 is 0 Å². The number of hydrogen-bond donors (Lipinski definition) is 0. The van der Waals surface area contributed by atoms with E-state index in [1.807, 2.05) is 0 Å². The number of carbonyl (C=O) groups is 1. The third-order valence-electron chi connectivity index (χ3n) is 3.09. The van der Waals surface area contributed by atoms with Gasteiger partial charge in [0.15, 0.2) is 0 Å². The third-order valence-corrected chi connectivity index (χ3v) is 4.09. The van der Waals surface area contributed by atoms with Gasteiger partial charge in [-0.3, -0.25) is 9.63 Å². The summed E-state index contributed by atoms with van der Waals surface area (Å²) in [6.07, 6.45) is 1.49. The second-order valence-corrected chi connectivity index (χ2v) is 5.70. The summed E-state index contributed by atoms with van der Waals surface area (Å²) >= 11 is 1.73. The van der Waals surface area contributed by atoms with Gasteiger partial charge in [-0.1, -0.05) is 6.07 Å². The fraction of sp³-hybridized carbons (Fsp3) is 0.500. The van der Waals surface area contributed by atoms with Gasteiger partial charge in [0.25, 0.3) is 0 Å². The Morgan fingerprint density at radius 2 is 2.22 bits per heavy atom. The van der Waals surface area contributed by atoms with E-state index in [4.69, 9.17) is 4.84 Å². The molecule has 98 valence electrons. The Labute approximate surface area is 112 Å². The minimum absolute atomic E-state index is 0.101. The smallest absolute Gasteiger partial charge is 0.246 e. The van der Waals surface area contributed by atoms with Crippen LogP contribution in [-0.2, 0) is 9.63 Å². The summed E-state index contributed by atoms with van der Waals surface area (Å²) in [7, 11) is 0. The molecule has 1 amide bonds. The average molecular weight is 265 g/mol. The molecule has 0 atom stereocenters. The number of hydroxylamine groups is 2. The largest absolute Gasteiger partial charge is 0.273 e. The van der Waals surface area contributed by atoms with Gasteiger partial charge < -0.3 is 0 Å². The van der Waals surface area contributed by atoms with Crippen LogP contribution in [0.2, 0.25) is 0 Å². The van der Waals surface area contributed by atoms with Crippen molar-refractivity contribution in [3.63, 3.8) is 0 Å². The maximum atomic E-state index is 11.7. The highest BCUT2D eigenvalue weighted by molar-refractivity contribution is 7.99. The van der Waals surface area contributed by atoms with Crippen LogP contribution in [0.5, 0.6) is 0 Å². The van der Waals surface area contributed by atoms with Gasteiger partial charge in [0.2, 0.25) is 5.91 Å². The fourth-order valence-electron chi connectivity index (χ4n) is 1.83. The molecule has 1 fully saturated rings. The van der Waals surface area contributed by atoms with Crippen molar-refractivity contribution in [2.75, 3.05) is 18.9 Å². The molecule has 4 heteroatoms. The number of nitrogens with zero attached hydrogens (tertiary/aromatic N) is 1. The quantitative estimate of drug-likeness (QED) is 0.784. The monoisotopic (exact) mass is 265 g/mol. The molecule has 1 heterocycles. The Bertz CT molecular complexity index is 428. The number of amides is 1. The van der Waals surface area contributed by atoms with Crippen LogP contribution in [0.3, 0.4) is 0 Å². The van der Waals surface area contributed by atoms with Crippen molar-refractivity contribution in [1.29, 1.82) is 0 Å². The van der Waals surface area contributed by atoms with Gasteiger partial charge in [0, 0.05) is 17.1 Å². The molecule has 0 bridgehead atoms. The highest BCUT2D eigenvalue weighted by atomic mass is 32.2. The normalized spacial score (nSPS) is 15.1. The summed E-state index contributed by atoms with van der Waals surface area (Å²) in [5.74, 6) is 0.908. The molecule has 0 spiro atoms. The molecule has 0 unspecified atom stereocenters. The lowest BCUT2D eigenvalue weighted by molar-refractivity contribution is -0.168.